The standard InChI is InChI=1S/C9H7N5.C6H5BN2O2.C3H4BrN3/c10-5-7-3-6(1-2-12-7)8-4-9(11)14-13-8;1-8-6-4-5(7(10)11)2-3-9-6;4-2-1-3(5)7-6-2/h1-4H,(H3,11,13,14);2-4,10-11H;1H,(H3,5,6,7). The summed E-state index contributed by atoms with van der Waals surface area (Å²) in [5.41, 5.74) is 13.0. The zero-order chi connectivity index (χ0) is 23.5. The van der Waals surface area contributed by atoms with Gasteiger partial charge in [0.2, 0.25) is 0 Å². The van der Waals surface area contributed by atoms with Crippen molar-refractivity contribution in [2.75, 3.05) is 11.5 Å². The Kier molecular flexibility index (Phi) is 8.88. The molecule has 4 aromatic heterocycles. The summed E-state index contributed by atoms with van der Waals surface area (Å²) >= 11 is 3.13. The second kappa shape index (κ2) is 11.8. The maximum atomic E-state index is 8.67. The zero-order valence-corrected chi connectivity index (χ0v) is 17.9. The van der Waals surface area contributed by atoms with Crippen molar-refractivity contribution in [1.82, 2.24) is 30.4 Å². The Morgan fingerprint density at radius 3 is 2.22 bits per heavy atom. The van der Waals surface area contributed by atoms with Gasteiger partial charge in [-0.25, -0.2) is 4.98 Å². The monoisotopic (exact) mass is 494 g/mol. The molecular weight excluding hydrogens is 479 g/mol. The molecule has 4 aromatic rings. The summed E-state index contributed by atoms with van der Waals surface area (Å²) < 4.78 is 0.810. The number of nitrogens with zero attached hydrogens (tertiary/aromatic N) is 6. The fraction of sp³-hybridized carbons (Fsp3) is 0. The van der Waals surface area contributed by atoms with Crippen molar-refractivity contribution >= 4 is 46.0 Å². The van der Waals surface area contributed by atoms with E-state index < -0.39 is 7.12 Å². The van der Waals surface area contributed by atoms with E-state index in [-0.39, 0.29) is 11.3 Å². The third kappa shape index (κ3) is 7.54. The minimum absolute atomic E-state index is 0.163. The van der Waals surface area contributed by atoms with E-state index in [4.69, 9.17) is 33.3 Å². The van der Waals surface area contributed by atoms with Gasteiger partial charge >= 0.3 is 7.12 Å². The van der Waals surface area contributed by atoms with Crippen molar-refractivity contribution in [3.8, 4) is 17.3 Å². The van der Waals surface area contributed by atoms with Gasteiger partial charge in [-0.3, -0.25) is 10.2 Å². The van der Waals surface area contributed by atoms with Crippen LogP contribution in [0.15, 0.2) is 53.4 Å². The van der Waals surface area contributed by atoms with Gasteiger partial charge < -0.3 is 26.4 Å². The highest BCUT2D eigenvalue weighted by molar-refractivity contribution is 9.10. The molecule has 0 aliphatic carbocycles. The summed E-state index contributed by atoms with van der Waals surface area (Å²) in [6.07, 6.45) is 2.94. The Hall–Kier alpha value is -4.24. The highest BCUT2D eigenvalue weighted by Gasteiger charge is 2.11. The lowest BCUT2D eigenvalue weighted by molar-refractivity contribution is 0.426. The van der Waals surface area contributed by atoms with Gasteiger partial charge in [-0.05, 0) is 45.7 Å². The topological polar surface area (TPSA) is 204 Å². The average molecular weight is 495 g/mol. The number of nitrogens with one attached hydrogen (secondary N) is 2. The van der Waals surface area contributed by atoms with Crippen molar-refractivity contribution in [2.24, 2.45) is 0 Å². The number of pyridine rings is 2. The highest BCUT2D eigenvalue weighted by Crippen LogP contribution is 2.18. The van der Waals surface area contributed by atoms with Gasteiger partial charge in [-0.15, -0.1) is 4.98 Å². The number of rotatable bonds is 2. The van der Waals surface area contributed by atoms with E-state index in [9.17, 15) is 0 Å². The fourth-order valence-electron chi connectivity index (χ4n) is 2.11. The van der Waals surface area contributed by atoms with Gasteiger partial charge in [-0.2, -0.15) is 15.5 Å². The van der Waals surface area contributed by atoms with E-state index in [0.717, 1.165) is 15.9 Å². The molecule has 8 N–H and O–H groups in total. The maximum absolute atomic E-state index is 8.67. The molecule has 0 aromatic carbocycles. The van der Waals surface area contributed by atoms with Crippen molar-refractivity contribution < 1.29 is 10.0 Å². The van der Waals surface area contributed by atoms with E-state index in [2.05, 4.69) is 51.1 Å². The normalized spacial score (nSPS) is 9.28. The first kappa shape index (κ1) is 24.0. The number of nitriles is 1. The molecule has 0 fully saturated rings. The lowest BCUT2D eigenvalue weighted by atomic mass is 9.81. The Balaban J connectivity index is 0.000000180. The van der Waals surface area contributed by atoms with Gasteiger partial charge in [0.15, 0.2) is 0 Å². The first-order valence-electron chi connectivity index (χ1n) is 8.65. The van der Waals surface area contributed by atoms with Crippen LogP contribution < -0.4 is 16.9 Å². The van der Waals surface area contributed by atoms with Crippen LogP contribution in [0.2, 0.25) is 0 Å². The van der Waals surface area contributed by atoms with Crippen LogP contribution in [0.4, 0.5) is 17.5 Å². The van der Waals surface area contributed by atoms with E-state index in [1.54, 1.807) is 30.5 Å². The van der Waals surface area contributed by atoms with Crippen LogP contribution in [-0.2, 0) is 0 Å². The molecule has 0 atom stereocenters. The molecule has 0 bridgehead atoms. The molecule has 0 unspecified atom stereocenters. The third-order valence-corrected chi connectivity index (χ3v) is 3.94. The predicted octanol–water partition coefficient (Wildman–Crippen LogP) is 0.992. The fourth-order valence-corrected chi connectivity index (χ4v) is 2.44. The number of halogens is 1. The van der Waals surface area contributed by atoms with Crippen LogP contribution in [0.3, 0.4) is 0 Å². The van der Waals surface area contributed by atoms with Crippen LogP contribution in [0, 0.1) is 17.9 Å². The van der Waals surface area contributed by atoms with Gasteiger partial charge in [0.25, 0.3) is 5.82 Å². The summed E-state index contributed by atoms with van der Waals surface area (Å²) in [5, 5.41) is 38.8. The number of hydrogen-bond acceptors (Lipinski definition) is 9. The molecular formula is C18H16BBrN10O2. The Labute approximate surface area is 191 Å². The second-order valence-electron chi connectivity index (χ2n) is 5.82. The Bertz CT molecular complexity index is 1230. The number of hydrogen-bond donors (Lipinski definition) is 6. The number of nitrogen functional groups attached to an aromatic ring is 2. The number of nitrogens with two attached hydrogens (primary N) is 2. The number of aromatic amines is 2. The van der Waals surface area contributed by atoms with Crippen LogP contribution >= 0.6 is 15.9 Å². The SMILES string of the molecule is N#Cc1cc(-c2cc(N)n[nH]2)ccn1.Nc1cc(Br)[nH]n1.[C-]#[N+]c1cc(B(O)O)ccn1. The lowest BCUT2D eigenvalue weighted by Crippen LogP contribution is -2.29. The maximum Gasteiger partial charge on any atom is 0.487 e. The first-order chi connectivity index (χ1) is 15.3. The predicted molar refractivity (Wildman–Crippen MR) is 122 cm³/mol. The van der Waals surface area contributed by atoms with Crippen molar-refractivity contribution in [3.63, 3.8) is 0 Å². The molecule has 160 valence electrons. The van der Waals surface area contributed by atoms with Gasteiger partial charge in [0.1, 0.15) is 34.2 Å². The highest BCUT2D eigenvalue weighted by atomic mass is 79.9. The molecule has 0 saturated heterocycles. The summed E-state index contributed by atoms with van der Waals surface area (Å²) in [6, 6.07) is 11.6. The minimum atomic E-state index is -1.53. The molecule has 0 radical (unpaired) electrons. The van der Waals surface area contributed by atoms with Crippen LogP contribution in [0.1, 0.15) is 5.69 Å². The first-order valence-corrected chi connectivity index (χ1v) is 9.45. The van der Waals surface area contributed by atoms with Gasteiger partial charge in [0.05, 0.1) is 5.69 Å². The molecule has 0 spiro atoms. The molecule has 0 aliphatic rings. The van der Waals surface area contributed by atoms with Crippen LogP contribution in [-0.4, -0.2) is 47.5 Å². The minimum Gasteiger partial charge on any atom is -0.423 e. The van der Waals surface area contributed by atoms with E-state index in [1.165, 1.54) is 18.3 Å². The van der Waals surface area contributed by atoms with Crippen molar-refractivity contribution in [1.29, 1.82) is 5.26 Å². The number of anilines is 2. The lowest BCUT2D eigenvalue weighted by Gasteiger charge is -1.95. The van der Waals surface area contributed by atoms with Crippen molar-refractivity contribution in [3.05, 3.63) is 70.5 Å². The molecule has 0 saturated carbocycles. The van der Waals surface area contributed by atoms with E-state index in [1.807, 2.05) is 6.07 Å². The van der Waals surface area contributed by atoms with Crippen LogP contribution in [0.5, 0.6) is 0 Å². The molecule has 14 heteroatoms. The largest absolute Gasteiger partial charge is 0.487 e. The van der Waals surface area contributed by atoms with Crippen molar-refractivity contribution in [2.45, 2.75) is 0 Å². The van der Waals surface area contributed by atoms with E-state index in [0.29, 0.717) is 17.3 Å². The average Bonchev–Trinajstić information content (AvgIpc) is 3.41. The zero-order valence-electron chi connectivity index (χ0n) is 16.3. The molecule has 4 rings (SSSR count). The Morgan fingerprint density at radius 2 is 1.72 bits per heavy atom. The number of H-pyrrole nitrogens is 2. The molecule has 32 heavy (non-hydrogen) atoms. The smallest absolute Gasteiger partial charge is 0.423 e. The summed E-state index contributed by atoms with van der Waals surface area (Å²) in [7, 11) is -1.53. The van der Waals surface area contributed by atoms with E-state index >= 15 is 0 Å². The molecule has 12 nitrogen and oxygen atoms in total. The third-order valence-electron chi connectivity index (χ3n) is 3.53. The molecule has 0 amide bonds. The molecule has 4 heterocycles. The second-order valence-corrected chi connectivity index (χ2v) is 6.68. The summed E-state index contributed by atoms with van der Waals surface area (Å²) in [4.78, 5) is 10.6. The summed E-state index contributed by atoms with van der Waals surface area (Å²) in [5.74, 6) is 1.10. The molecule has 0 aliphatic heterocycles. The van der Waals surface area contributed by atoms with Gasteiger partial charge in [0, 0.05) is 23.9 Å². The number of aromatic nitrogens is 6. The summed E-state index contributed by atoms with van der Waals surface area (Å²) in [6.45, 7) is 6.58. The van der Waals surface area contributed by atoms with Crippen LogP contribution in [0.25, 0.3) is 16.1 Å². The van der Waals surface area contributed by atoms with Gasteiger partial charge in [-0.1, -0.05) is 6.57 Å². The quantitative estimate of drug-likeness (QED) is 0.173. The Morgan fingerprint density at radius 1 is 1.03 bits per heavy atom.